The van der Waals surface area contributed by atoms with E-state index < -0.39 is 11.7 Å². The average molecular weight is 446 g/mol. The molecule has 0 atom stereocenters. The van der Waals surface area contributed by atoms with Crippen molar-refractivity contribution in [2.24, 2.45) is 0 Å². The lowest BCUT2D eigenvalue weighted by atomic mass is 10.1. The van der Waals surface area contributed by atoms with E-state index in [9.17, 15) is 9.18 Å². The van der Waals surface area contributed by atoms with E-state index in [2.05, 4.69) is 25.4 Å². The van der Waals surface area contributed by atoms with Gasteiger partial charge in [-0.3, -0.25) is 4.79 Å². The molecule has 5 rings (SSSR count). The van der Waals surface area contributed by atoms with Gasteiger partial charge < -0.3 is 9.88 Å². The van der Waals surface area contributed by atoms with E-state index in [1.807, 2.05) is 31.5 Å². The van der Waals surface area contributed by atoms with E-state index in [0.717, 1.165) is 29.9 Å². The van der Waals surface area contributed by atoms with Crippen molar-refractivity contribution in [1.29, 1.82) is 0 Å². The standard InChI is InChI=1S/C24H24FN7O/c1-14(2)23-26-12-28-32(23)22-6-4-5-21(29-22)30-24(33)17-10-20(15(3)9-18(17)25)31-11-19(27-13-31)16-7-8-16/h4-6,9-14,16H,7-8H2,1-3H3,(H,29,30,33). The zero-order chi connectivity index (χ0) is 23.1. The molecule has 8 nitrogen and oxygen atoms in total. The number of nitrogens with one attached hydrogen (secondary N) is 1. The molecule has 1 aliphatic rings. The van der Waals surface area contributed by atoms with Crippen LogP contribution in [0.3, 0.4) is 0 Å². The van der Waals surface area contributed by atoms with Gasteiger partial charge in [0.15, 0.2) is 5.82 Å². The van der Waals surface area contributed by atoms with Crippen LogP contribution in [0.4, 0.5) is 10.2 Å². The summed E-state index contributed by atoms with van der Waals surface area (Å²) in [6.45, 7) is 5.84. The van der Waals surface area contributed by atoms with E-state index in [4.69, 9.17) is 0 Å². The number of nitrogens with zero attached hydrogens (tertiary/aromatic N) is 6. The summed E-state index contributed by atoms with van der Waals surface area (Å²) in [4.78, 5) is 26.2. The number of carbonyl (C=O) groups is 1. The molecule has 0 unspecified atom stereocenters. The van der Waals surface area contributed by atoms with Crippen LogP contribution >= 0.6 is 0 Å². The molecular weight excluding hydrogens is 421 g/mol. The molecule has 3 aromatic heterocycles. The second-order valence-electron chi connectivity index (χ2n) is 8.62. The number of carbonyl (C=O) groups excluding carboxylic acids is 1. The van der Waals surface area contributed by atoms with Crippen molar-refractivity contribution in [3.05, 3.63) is 77.6 Å². The Morgan fingerprint density at radius 1 is 1.21 bits per heavy atom. The molecule has 0 saturated heterocycles. The number of amides is 1. The Morgan fingerprint density at radius 3 is 2.79 bits per heavy atom. The van der Waals surface area contributed by atoms with E-state index in [1.165, 1.54) is 12.4 Å². The quantitative estimate of drug-likeness (QED) is 0.470. The molecule has 1 saturated carbocycles. The van der Waals surface area contributed by atoms with Gasteiger partial charge in [0.2, 0.25) is 0 Å². The molecule has 1 fully saturated rings. The van der Waals surface area contributed by atoms with Crippen molar-refractivity contribution in [1.82, 2.24) is 29.3 Å². The highest BCUT2D eigenvalue weighted by atomic mass is 19.1. The fourth-order valence-corrected chi connectivity index (χ4v) is 3.79. The van der Waals surface area contributed by atoms with E-state index >= 15 is 0 Å². The van der Waals surface area contributed by atoms with Crippen molar-refractivity contribution >= 4 is 11.7 Å². The first-order valence-electron chi connectivity index (χ1n) is 10.9. The highest BCUT2D eigenvalue weighted by molar-refractivity contribution is 6.04. The van der Waals surface area contributed by atoms with Crippen LogP contribution in [0.1, 0.15) is 66.0 Å². The minimum absolute atomic E-state index is 0.0619. The predicted molar refractivity (Wildman–Crippen MR) is 121 cm³/mol. The third-order valence-electron chi connectivity index (χ3n) is 5.69. The van der Waals surface area contributed by atoms with Gasteiger partial charge in [-0.1, -0.05) is 19.9 Å². The molecular formula is C24H24FN7O. The summed E-state index contributed by atoms with van der Waals surface area (Å²) in [5.41, 5.74) is 2.40. The van der Waals surface area contributed by atoms with E-state index in [-0.39, 0.29) is 11.5 Å². The largest absolute Gasteiger partial charge is 0.306 e. The normalized spacial score (nSPS) is 13.5. The van der Waals surface area contributed by atoms with Crippen LogP contribution < -0.4 is 5.32 Å². The first-order valence-corrected chi connectivity index (χ1v) is 10.9. The molecule has 1 aliphatic carbocycles. The van der Waals surface area contributed by atoms with Gasteiger partial charge in [-0.2, -0.15) is 9.78 Å². The van der Waals surface area contributed by atoms with Gasteiger partial charge in [-0.05, 0) is 49.6 Å². The van der Waals surface area contributed by atoms with Crippen LogP contribution in [0.25, 0.3) is 11.5 Å². The maximum Gasteiger partial charge on any atom is 0.259 e. The smallest absolute Gasteiger partial charge is 0.259 e. The molecule has 33 heavy (non-hydrogen) atoms. The summed E-state index contributed by atoms with van der Waals surface area (Å²) < 4.78 is 18.2. The lowest BCUT2D eigenvalue weighted by Crippen LogP contribution is -2.16. The minimum atomic E-state index is -0.592. The second kappa shape index (κ2) is 8.23. The molecule has 0 aliphatic heterocycles. The van der Waals surface area contributed by atoms with Crippen molar-refractivity contribution in [2.75, 3.05) is 5.32 Å². The van der Waals surface area contributed by atoms with E-state index in [1.54, 1.807) is 35.3 Å². The van der Waals surface area contributed by atoms with Gasteiger partial charge in [0.1, 0.15) is 23.8 Å². The first-order chi connectivity index (χ1) is 15.9. The highest BCUT2D eigenvalue weighted by Crippen LogP contribution is 2.39. The van der Waals surface area contributed by atoms with Crippen LogP contribution in [0.2, 0.25) is 0 Å². The number of halogens is 1. The predicted octanol–water partition coefficient (Wildman–Crippen LogP) is 4.55. The SMILES string of the molecule is Cc1cc(F)c(C(=O)Nc2cccc(-n3ncnc3C(C)C)n2)cc1-n1cnc(C2CC2)c1. The third kappa shape index (κ3) is 4.13. The molecule has 0 spiro atoms. The van der Waals surface area contributed by atoms with Crippen LogP contribution in [-0.2, 0) is 0 Å². The number of benzene rings is 1. The molecule has 1 aromatic carbocycles. The molecule has 1 amide bonds. The third-order valence-corrected chi connectivity index (χ3v) is 5.69. The van der Waals surface area contributed by atoms with E-state index in [0.29, 0.717) is 23.2 Å². The van der Waals surface area contributed by atoms with Crippen molar-refractivity contribution in [3.63, 3.8) is 0 Å². The fraction of sp³-hybridized carbons (Fsp3) is 0.292. The summed E-state index contributed by atoms with van der Waals surface area (Å²) in [7, 11) is 0. The maximum absolute atomic E-state index is 14.8. The average Bonchev–Trinajstić information content (AvgIpc) is 3.31. The molecule has 0 radical (unpaired) electrons. The number of pyridine rings is 1. The Labute approximate surface area is 190 Å². The number of imidazole rings is 1. The Morgan fingerprint density at radius 2 is 2.03 bits per heavy atom. The molecule has 4 aromatic rings. The van der Waals surface area contributed by atoms with Gasteiger partial charge in [-0.25, -0.2) is 19.3 Å². The van der Waals surface area contributed by atoms with Gasteiger partial charge in [0.05, 0.1) is 23.3 Å². The Kier molecular flexibility index (Phi) is 5.24. The molecule has 168 valence electrons. The monoisotopic (exact) mass is 445 g/mol. The zero-order valence-electron chi connectivity index (χ0n) is 18.7. The minimum Gasteiger partial charge on any atom is -0.306 e. The van der Waals surface area contributed by atoms with Gasteiger partial charge >= 0.3 is 0 Å². The number of aryl methyl sites for hydroxylation is 1. The van der Waals surface area contributed by atoms with Crippen LogP contribution in [0.5, 0.6) is 0 Å². The summed E-state index contributed by atoms with van der Waals surface area (Å²) in [6.07, 6.45) is 7.43. The fourth-order valence-electron chi connectivity index (χ4n) is 3.79. The van der Waals surface area contributed by atoms with Crippen LogP contribution in [0, 0.1) is 12.7 Å². The first kappa shape index (κ1) is 21.0. The Hall–Kier alpha value is -3.88. The Balaban J connectivity index is 1.42. The highest BCUT2D eigenvalue weighted by Gasteiger charge is 2.26. The number of hydrogen-bond donors (Lipinski definition) is 1. The van der Waals surface area contributed by atoms with Gasteiger partial charge in [0.25, 0.3) is 5.91 Å². The lowest BCUT2D eigenvalue weighted by Gasteiger charge is -2.12. The lowest BCUT2D eigenvalue weighted by molar-refractivity contribution is 0.102. The summed E-state index contributed by atoms with van der Waals surface area (Å²) in [5.74, 6) is 1.05. The van der Waals surface area contributed by atoms with Gasteiger partial charge in [0, 0.05) is 18.0 Å². The van der Waals surface area contributed by atoms with Crippen LogP contribution in [0.15, 0.2) is 49.2 Å². The van der Waals surface area contributed by atoms with Crippen LogP contribution in [-0.4, -0.2) is 35.2 Å². The second-order valence-corrected chi connectivity index (χ2v) is 8.62. The Bertz CT molecular complexity index is 1340. The number of anilines is 1. The number of aromatic nitrogens is 6. The van der Waals surface area contributed by atoms with Crippen molar-refractivity contribution < 1.29 is 9.18 Å². The summed E-state index contributed by atoms with van der Waals surface area (Å²) in [6, 6.07) is 8.10. The summed E-state index contributed by atoms with van der Waals surface area (Å²) in [5, 5.41) is 6.94. The van der Waals surface area contributed by atoms with Gasteiger partial charge in [-0.15, -0.1) is 0 Å². The molecule has 1 N–H and O–H groups in total. The van der Waals surface area contributed by atoms with Crippen molar-refractivity contribution in [2.45, 2.75) is 45.4 Å². The topological polar surface area (TPSA) is 90.5 Å². The molecule has 0 bridgehead atoms. The molecule has 9 heteroatoms. The zero-order valence-corrected chi connectivity index (χ0v) is 18.7. The van der Waals surface area contributed by atoms with Crippen molar-refractivity contribution in [3.8, 4) is 11.5 Å². The number of hydrogen-bond acceptors (Lipinski definition) is 5. The number of rotatable bonds is 6. The summed E-state index contributed by atoms with van der Waals surface area (Å²) >= 11 is 0. The maximum atomic E-state index is 14.8. The molecule has 3 heterocycles.